The first-order valence-electron chi connectivity index (χ1n) is 18.7. The zero-order valence-electron chi connectivity index (χ0n) is 33.3. The number of amides is 4. The van der Waals surface area contributed by atoms with Gasteiger partial charge in [-0.25, -0.2) is 4.79 Å². The molecule has 8 N–H and O–H groups in total. The van der Waals surface area contributed by atoms with Gasteiger partial charge in [-0.2, -0.15) is 0 Å². The predicted octanol–water partition coefficient (Wildman–Crippen LogP) is 1.78. The molecule has 0 fully saturated rings. The lowest BCUT2D eigenvalue weighted by molar-refractivity contribution is -0.385. The number of carboxylic acids is 2. The Balaban J connectivity index is 1.82. The number of esters is 1. The smallest absolute Gasteiger partial charge is 0.339 e. The van der Waals surface area contributed by atoms with Gasteiger partial charge in [-0.3, -0.25) is 43.7 Å². The summed E-state index contributed by atoms with van der Waals surface area (Å²) in [5, 5.41) is 49.7. The SMILES string of the molecule is Cc1cccc(C)c1C(=O)OCC(=O)[C@H](CC(=O)O)NC(=O)[C@H](Cc1cc[nH]c1)NC(=O)[C@H](CCC(=O)O)NC(=O)[C@H](CC(C)C)NC(=O)Cc1ccc(O)c([N+](=O)[O-])c1. The van der Waals surface area contributed by atoms with Crippen molar-refractivity contribution in [1.82, 2.24) is 26.3 Å². The summed E-state index contributed by atoms with van der Waals surface area (Å²) in [5.41, 5.74) is 1.35. The molecule has 0 bridgehead atoms. The normalized spacial score (nSPS) is 12.9. The lowest BCUT2D eigenvalue weighted by atomic mass is 10.0. The van der Waals surface area contributed by atoms with Crippen molar-refractivity contribution in [3.63, 3.8) is 0 Å². The van der Waals surface area contributed by atoms with E-state index in [-0.39, 0.29) is 29.9 Å². The van der Waals surface area contributed by atoms with Gasteiger partial charge in [-0.15, -0.1) is 0 Å². The van der Waals surface area contributed by atoms with E-state index >= 15 is 0 Å². The molecule has 4 atom stereocenters. The van der Waals surface area contributed by atoms with Gasteiger partial charge in [0.05, 0.1) is 23.3 Å². The van der Waals surface area contributed by atoms with Gasteiger partial charge >= 0.3 is 23.6 Å². The number of phenols is 1. The van der Waals surface area contributed by atoms with Gasteiger partial charge in [0.1, 0.15) is 24.2 Å². The van der Waals surface area contributed by atoms with Gasteiger partial charge in [0.25, 0.3) is 0 Å². The average molecular weight is 837 g/mol. The van der Waals surface area contributed by atoms with Crippen molar-refractivity contribution in [3.8, 4) is 5.75 Å². The predicted molar refractivity (Wildman–Crippen MR) is 210 cm³/mol. The topological polar surface area (TPSA) is 314 Å². The van der Waals surface area contributed by atoms with E-state index in [1.165, 1.54) is 18.5 Å². The molecular formula is C40H48N6O14. The van der Waals surface area contributed by atoms with E-state index in [9.17, 15) is 63.8 Å². The van der Waals surface area contributed by atoms with Crippen LogP contribution >= 0.6 is 0 Å². The Morgan fingerprint density at radius 1 is 0.800 bits per heavy atom. The maximum atomic E-state index is 13.8. The van der Waals surface area contributed by atoms with E-state index in [0.29, 0.717) is 16.7 Å². The fourth-order valence-corrected chi connectivity index (χ4v) is 6.11. The standard InChI is InChI=1S/C40H48N6O14/c1-21(2)14-28(42-33(49)17-24-8-10-31(47)30(16-24)46(58)59)38(55)43-26(9-11-34(50)51)37(54)45-29(15-25-12-13-41-19-25)39(56)44-27(18-35(52)53)32(48)20-60-40(57)36-22(3)6-5-7-23(36)4/h5-8,10,12-13,16,19,21,26-29,41,47H,9,11,14-15,17-18,20H2,1-4H3,(H,42,49)(H,43,55)(H,44,56)(H,45,54)(H,50,51)(H,52,53)/t26-,27-,28-,29-/m0/s1. The molecule has 60 heavy (non-hydrogen) atoms. The van der Waals surface area contributed by atoms with Gasteiger partial charge in [0.15, 0.2) is 18.1 Å². The van der Waals surface area contributed by atoms with Crippen LogP contribution in [0.3, 0.4) is 0 Å². The highest BCUT2D eigenvalue weighted by Crippen LogP contribution is 2.26. The fraction of sp³-hybridized carbons (Fsp3) is 0.400. The number of aromatic amines is 1. The molecule has 4 amide bonds. The van der Waals surface area contributed by atoms with Gasteiger partial charge in [0, 0.05) is 31.3 Å². The number of nitro groups is 1. The second-order valence-electron chi connectivity index (χ2n) is 14.5. The highest BCUT2D eigenvalue weighted by molar-refractivity contribution is 5.99. The minimum absolute atomic E-state index is 0.0396. The fourth-order valence-electron chi connectivity index (χ4n) is 6.11. The summed E-state index contributed by atoms with van der Waals surface area (Å²) in [6.07, 6.45) is 0.395. The van der Waals surface area contributed by atoms with E-state index in [2.05, 4.69) is 26.3 Å². The summed E-state index contributed by atoms with van der Waals surface area (Å²) < 4.78 is 5.18. The number of aromatic hydroxyl groups is 1. The highest BCUT2D eigenvalue weighted by Gasteiger charge is 2.33. The minimum Gasteiger partial charge on any atom is -0.502 e. The second kappa shape index (κ2) is 22.1. The molecule has 3 rings (SSSR count). The first-order valence-corrected chi connectivity index (χ1v) is 18.7. The van der Waals surface area contributed by atoms with Crippen LogP contribution in [0.25, 0.3) is 0 Å². The Labute approximate surface area is 343 Å². The number of phenolic OH excluding ortho intramolecular Hbond substituents is 1. The van der Waals surface area contributed by atoms with Crippen molar-refractivity contribution >= 4 is 53.0 Å². The van der Waals surface area contributed by atoms with Gasteiger partial charge in [0.2, 0.25) is 23.6 Å². The van der Waals surface area contributed by atoms with Crippen LogP contribution in [0.1, 0.15) is 72.1 Å². The number of aliphatic carboxylic acids is 2. The summed E-state index contributed by atoms with van der Waals surface area (Å²) in [6.45, 7) is 5.92. The molecule has 20 heteroatoms. The van der Waals surface area contributed by atoms with E-state index in [4.69, 9.17) is 4.74 Å². The Hall–Kier alpha value is -7.12. The van der Waals surface area contributed by atoms with Crippen molar-refractivity contribution in [1.29, 1.82) is 0 Å². The maximum absolute atomic E-state index is 13.8. The van der Waals surface area contributed by atoms with Crippen LogP contribution in [0.5, 0.6) is 5.75 Å². The summed E-state index contributed by atoms with van der Waals surface area (Å²) in [4.78, 5) is 117. The first-order chi connectivity index (χ1) is 28.2. The van der Waals surface area contributed by atoms with Crippen LogP contribution in [0.2, 0.25) is 0 Å². The Bertz CT molecular complexity index is 2060. The number of nitrogens with zero attached hydrogens (tertiary/aromatic N) is 1. The molecule has 0 saturated heterocycles. The van der Waals surface area contributed by atoms with Crippen molar-refractivity contribution in [2.75, 3.05) is 6.61 Å². The number of H-pyrrole nitrogens is 1. The monoisotopic (exact) mass is 836 g/mol. The molecule has 20 nitrogen and oxygen atoms in total. The molecule has 0 radical (unpaired) electrons. The number of Topliss-reactive ketones (excluding diaryl/α,β-unsaturated/α-hetero) is 1. The molecule has 0 aliphatic rings. The largest absolute Gasteiger partial charge is 0.502 e. The Morgan fingerprint density at radius 2 is 1.42 bits per heavy atom. The molecule has 1 aromatic heterocycles. The number of ketones is 1. The number of aromatic nitrogens is 1. The van der Waals surface area contributed by atoms with E-state index in [1.807, 2.05) is 0 Å². The van der Waals surface area contributed by atoms with Crippen LogP contribution < -0.4 is 21.3 Å². The molecule has 0 aliphatic heterocycles. The quantitative estimate of drug-likeness (QED) is 0.0384. The number of rotatable bonds is 23. The molecule has 0 saturated carbocycles. The number of nitro benzene ring substituents is 1. The number of carboxylic acid groups (broad SMARTS) is 2. The van der Waals surface area contributed by atoms with Crippen molar-refractivity contribution in [2.24, 2.45) is 5.92 Å². The van der Waals surface area contributed by atoms with Crippen molar-refractivity contribution < 1.29 is 63.3 Å². The molecule has 3 aromatic rings. The lowest BCUT2D eigenvalue weighted by Gasteiger charge is -2.26. The minimum atomic E-state index is -1.72. The van der Waals surface area contributed by atoms with Gasteiger partial charge in [-0.05, 0) is 67.0 Å². The molecule has 322 valence electrons. The molecular weight excluding hydrogens is 788 g/mol. The summed E-state index contributed by atoms with van der Waals surface area (Å²) >= 11 is 0. The van der Waals surface area contributed by atoms with E-state index in [1.54, 1.807) is 52.0 Å². The van der Waals surface area contributed by atoms with Crippen molar-refractivity contribution in [3.05, 3.63) is 92.8 Å². The second-order valence-corrected chi connectivity index (χ2v) is 14.5. The van der Waals surface area contributed by atoms with Crippen LogP contribution in [0.4, 0.5) is 5.69 Å². The third kappa shape index (κ3) is 14.7. The van der Waals surface area contributed by atoms with Gasteiger partial charge < -0.3 is 46.3 Å². The molecule has 2 aromatic carbocycles. The number of carbonyl (C=O) groups excluding carboxylic acids is 6. The zero-order valence-corrected chi connectivity index (χ0v) is 33.3. The molecule has 0 unspecified atom stereocenters. The summed E-state index contributed by atoms with van der Waals surface area (Å²) in [7, 11) is 0. The molecule has 1 heterocycles. The summed E-state index contributed by atoms with van der Waals surface area (Å²) in [6, 6.07) is 3.82. The number of aryl methyl sites for hydroxylation is 2. The number of benzene rings is 2. The van der Waals surface area contributed by atoms with Crippen LogP contribution in [0.15, 0.2) is 54.9 Å². The number of hydrogen-bond donors (Lipinski definition) is 8. The third-order valence-electron chi connectivity index (χ3n) is 9.09. The number of nitrogens with one attached hydrogen (secondary N) is 5. The van der Waals surface area contributed by atoms with Gasteiger partial charge in [-0.1, -0.05) is 38.1 Å². The summed E-state index contributed by atoms with van der Waals surface area (Å²) in [5.74, 6) is -9.13. The Kier molecular flexibility index (Phi) is 17.4. The van der Waals surface area contributed by atoms with Crippen molar-refractivity contribution in [2.45, 2.75) is 90.4 Å². The third-order valence-corrected chi connectivity index (χ3v) is 9.09. The number of ether oxygens (including phenoxy) is 1. The lowest BCUT2D eigenvalue weighted by Crippen LogP contribution is -2.58. The zero-order chi connectivity index (χ0) is 44.7. The highest BCUT2D eigenvalue weighted by atomic mass is 16.6. The Morgan fingerprint density at radius 3 is 2.00 bits per heavy atom. The van der Waals surface area contributed by atoms with E-state index < -0.39 is 120 Å². The number of carbonyl (C=O) groups is 8. The first kappa shape index (κ1) is 47.3. The van der Waals surface area contributed by atoms with Crippen LogP contribution in [-0.4, -0.2) is 103 Å². The maximum Gasteiger partial charge on any atom is 0.339 e. The molecule has 0 spiro atoms. The van der Waals surface area contributed by atoms with Crippen LogP contribution in [0, 0.1) is 29.9 Å². The average Bonchev–Trinajstić information content (AvgIpc) is 3.68. The van der Waals surface area contributed by atoms with Crippen LogP contribution in [-0.2, 0) is 51.1 Å². The molecule has 0 aliphatic carbocycles. The van der Waals surface area contributed by atoms with E-state index in [0.717, 1.165) is 12.1 Å². The number of hydrogen-bond acceptors (Lipinski definition) is 12.